The molecule has 0 aliphatic rings. The van der Waals surface area contributed by atoms with Crippen molar-refractivity contribution in [2.24, 2.45) is 0 Å². The lowest BCUT2D eigenvalue weighted by Gasteiger charge is -2.17. The summed E-state index contributed by atoms with van der Waals surface area (Å²) in [4.78, 5) is 4.59. The zero-order chi connectivity index (χ0) is 15.4. The van der Waals surface area contributed by atoms with Crippen LogP contribution in [0.1, 0.15) is 37.7 Å². The lowest BCUT2D eigenvalue weighted by molar-refractivity contribution is 0.528. The van der Waals surface area contributed by atoms with Crippen LogP contribution in [-0.4, -0.2) is 26.9 Å². The van der Waals surface area contributed by atoms with Gasteiger partial charge in [-0.3, -0.25) is 0 Å². The van der Waals surface area contributed by atoms with Crippen LogP contribution in [-0.2, 0) is 6.42 Å². The smallest absolute Gasteiger partial charge is 0.128 e. The largest absolute Gasteiger partial charge is 0.325 e. The normalized spacial score (nSPS) is 13.0. The van der Waals surface area contributed by atoms with Crippen LogP contribution in [0.2, 0.25) is 0 Å². The Morgan fingerprint density at radius 3 is 2.86 bits per heavy atom. The summed E-state index contributed by atoms with van der Waals surface area (Å²) < 4.78 is 16.0. The number of nitrogens with zero attached hydrogens (tertiary/aromatic N) is 2. The maximum atomic E-state index is 13.7. The molecule has 1 aromatic heterocycles. The molecule has 116 valence electrons. The van der Waals surface area contributed by atoms with E-state index in [0.29, 0.717) is 23.9 Å². The van der Waals surface area contributed by atoms with E-state index in [1.165, 1.54) is 6.07 Å². The van der Waals surface area contributed by atoms with Crippen LogP contribution in [0.5, 0.6) is 0 Å². The van der Waals surface area contributed by atoms with Gasteiger partial charge in [-0.1, -0.05) is 6.92 Å². The van der Waals surface area contributed by atoms with E-state index in [4.69, 9.17) is 11.6 Å². The molecule has 0 aliphatic heterocycles. The monoisotopic (exact) mass is 328 g/mol. The van der Waals surface area contributed by atoms with E-state index in [1.54, 1.807) is 6.92 Å². The van der Waals surface area contributed by atoms with Gasteiger partial charge in [0, 0.05) is 24.4 Å². The molecule has 0 bridgehead atoms. The average Bonchev–Trinajstić information content (AvgIpc) is 2.77. The fourth-order valence-electron chi connectivity index (χ4n) is 2.55. The SMILES string of the molecule is CCSCCC(C)n1c(CCCl)nc2cc(F)c(C)cc21. The van der Waals surface area contributed by atoms with E-state index in [-0.39, 0.29) is 5.82 Å². The van der Waals surface area contributed by atoms with E-state index < -0.39 is 0 Å². The molecule has 0 radical (unpaired) electrons. The van der Waals surface area contributed by atoms with Gasteiger partial charge in [-0.05, 0) is 43.4 Å². The standard InChI is InChI=1S/C16H22ClFN2S/c1-4-21-8-6-12(3)20-15-9-11(2)13(18)10-14(15)19-16(20)5-7-17/h9-10,12H,4-8H2,1-3H3. The summed E-state index contributed by atoms with van der Waals surface area (Å²) in [5.74, 6) is 3.55. The van der Waals surface area contributed by atoms with Gasteiger partial charge in [0.1, 0.15) is 11.6 Å². The van der Waals surface area contributed by atoms with Gasteiger partial charge in [0.15, 0.2) is 0 Å². The molecule has 0 aliphatic carbocycles. The van der Waals surface area contributed by atoms with Crippen LogP contribution in [0.25, 0.3) is 11.0 Å². The number of rotatable bonds is 7. The minimum atomic E-state index is -0.196. The molecule has 5 heteroatoms. The molecule has 2 aromatic rings. The fourth-order valence-corrected chi connectivity index (χ4v) is 3.52. The van der Waals surface area contributed by atoms with Crippen molar-refractivity contribution in [2.45, 2.75) is 39.7 Å². The van der Waals surface area contributed by atoms with E-state index in [2.05, 4.69) is 23.4 Å². The number of hydrogen-bond acceptors (Lipinski definition) is 2. The topological polar surface area (TPSA) is 17.8 Å². The summed E-state index contributed by atoms with van der Waals surface area (Å²) in [6.07, 6.45) is 1.79. The highest BCUT2D eigenvalue weighted by Crippen LogP contribution is 2.26. The van der Waals surface area contributed by atoms with Gasteiger partial charge in [0.2, 0.25) is 0 Å². The van der Waals surface area contributed by atoms with Crippen molar-refractivity contribution in [1.29, 1.82) is 0 Å². The highest BCUT2D eigenvalue weighted by atomic mass is 35.5. The number of fused-ring (bicyclic) bond motifs is 1. The summed E-state index contributed by atoms with van der Waals surface area (Å²) in [7, 11) is 0. The molecule has 0 amide bonds. The number of aromatic nitrogens is 2. The molecule has 0 saturated carbocycles. The zero-order valence-corrected chi connectivity index (χ0v) is 14.4. The van der Waals surface area contributed by atoms with Gasteiger partial charge in [-0.2, -0.15) is 11.8 Å². The van der Waals surface area contributed by atoms with Crippen molar-refractivity contribution in [3.8, 4) is 0 Å². The second kappa shape index (κ2) is 7.50. The van der Waals surface area contributed by atoms with Gasteiger partial charge < -0.3 is 4.57 Å². The second-order valence-electron chi connectivity index (χ2n) is 5.26. The molecule has 2 rings (SSSR count). The molecule has 1 atom stereocenters. The van der Waals surface area contributed by atoms with Gasteiger partial charge in [0.05, 0.1) is 11.0 Å². The van der Waals surface area contributed by atoms with Crippen molar-refractivity contribution >= 4 is 34.4 Å². The molecule has 0 spiro atoms. The van der Waals surface area contributed by atoms with Gasteiger partial charge in [-0.25, -0.2) is 9.37 Å². The first-order valence-corrected chi connectivity index (χ1v) is 9.08. The number of alkyl halides is 1. The lowest BCUT2D eigenvalue weighted by atomic mass is 10.2. The number of aryl methyl sites for hydroxylation is 2. The maximum Gasteiger partial charge on any atom is 0.128 e. The third kappa shape index (κ3) is 3.72. The predicted molar refractivity (Wildman–Crippen MR) is 91.2 cm³/mol. The fraction of sp³-hybridized carbons (Fsp3) is 0.562. The molecule has 21 heavy (non-hydrogen) atoms. The molecular weight excluding hydrogens is 307 g/mol. The van der Waals surface area contributed by atoms with Crippen LogP contribution >= 0.6 is 23.4 Å². The Morgan fingerprint density at radius 2 is 2.19 bits per heavy atom. The average molecular weight is 329 g/mol. The minimum absolute atomic E-state index is 0.196. The van der Waals surface area contributed by atoms with Crippen molar-refractivity contribution in [2.75, 3.05) is 17.4 Å². The molecule has 0 fully saturated rings. The molecule has 0 saturated heterocycles. The minimum Gasteiger partial charge on any atom is -0.325 e. The Balaban J connectivity index is 2.42. The van der Waals surface area contributed by atoms with Crippen LogP contribution in [0.15, 0.2) is 12.1 Å². The number of halogens is 2. The Morgan fingerprint density at radius 1 is 1.43 bits per heavy atom. The first kappa shape index (κ1) is 16.6. The quantitative estimate of drug-likeness (QED) is 0.527. The predicted octanol–water partition coefficient (Wildman–Crippen LogP) is 4.97. The summed E-state index contributed by atoms with van der Waals surface area (Å²) in [5, 5.41) is 0. The molecule has 1 unspecified atom stereocenters. The summed E-state index contributed by atoms with van der Waals surface area (Å²) >= 11 is 7.84. The van der Waals surface area contributed by atoms with Crippen LogP contribution in [0.4, 0.5) is 4.39 Å². The highest BCUT2D eigenvalue weighted by molar-refractivity contribution is 7.99. The van der Waals surface area contributed by atoms with Crippen molar-refractivity contribution in [3.05, 3.63) is 29.3 Å². The third-order valence-electron chi connectivity index (χ3n) is 3.69. The molecule has 1 aromatic carbocycles. The maximum absolute atomic E-state index is 13.7. The first-order chi connectivity index (χ1) is 10.1. The van der Waals surface area contributed by atoms with Crippen LogP contribution < -0.4 is 0 Å². The number of imidazole rings is 1. The number of benzene rings is 1. The summed E-state index contributed by atoms with van der Waals surface area (Å²) in [5.41, 5.74) is 2.41. The Bertz CT molecular complexity index is 612. The Kier molecular flexibility index (Phi) is 5.94. The summed E-state index contributed by atoms with van der Waals surface area (Å²) in [6.45, 7) is 6.17. The number of thioether (sulfide) groups is 1. The van der Waals surface area contributed by atoms with E-state index in [1.807, 2.05) is 17.8 Å². The van der Waals surface area contributed by atoms with Gasteiger partial charge >= 0.3 is 0 Å². The summed E-state index contributed by atoms with van der Waals surface area (Å²) in [6, 6.07) is 3.78. The second-order valence-corrected chi connectivity index (χ2v) is 7.03. The molecule has 2 nitrogen and oxygen atoms in total. The Labute approximate surface area is 135 Å². The van der Waals surface area contributed by atoms with Crippen molar-refractivity contribution in [3.63, 3.8) is 0 Å². The Hall–Kier alpha value is -0.740. The first-order valence-electron chi connectivity index (χ1n) is 7.39. The van der Waals surface area contributed by atoms with Crippen molar-refractivity contribution in [1.82, 2.24) is 9.55 Å². The zero-order valence-electron chi connectivity index (χ0n) is 12.8. The third-order valence-corrected chi connectivity index (χ3v) is 4.81. The molecular formula is C16H22ClFN2S. The van der Waals surface area contributed by atoms with Crippen LogP contribution in [0.3, 0.4) is 0 Å². The number of hydrogen-bond donors (Lipinski definition) is 0. The van der Waals surface area contributed by atoms with E-state index in [9.17, 15) is 4.39 Å². The van der Waals surface area contributed by atoms with Gasteiger partial charge in [-0.15, -0.1) is 11.6 Å². The van der Waals surface area contributed by atoms with Crippen molar-refractivity contribution < 1.29 is 4.39 Å². The highest BCUT2D eigenvalue weighted by Gasteiger charge is 2.17. The van der Waals surface area contributed by atoms with Crippen LogP contribution in [0, 0.1) is 12.7 Å². The van der Waals surface area contributed by atoms with E-state index >= 15 is 0 Å². The lowest BCUT2D eigenvalue weighted by Crippen LogP contribution is -2.11. The molecule has 1 heterocycles. The van der Waals surface area contributed by atoms with Gasteiger partial charge in [0.25, 0.3) is 0 Å². The molecule has 0 N–H and O–H groups in total. The van der Waals surface area contributed by atoms with E-state index in [0.717, 1.165) is 34.8 Å².